The lowest BCUT2D eigenvalue weighted by molar-refractivity contribution is 0.437. The number of nitrogen functional groups attached to an aromatic ring is 1. The first kappa shape index (κ1) is 14.1. The highest BCUT2D eigenvalue weighted by molar-refractivity contribution is 5.84. The van der Waals surface area contributed by atoms with Gasteiger partial charge in [-0.15, -0.1) is 0 Å². The van der Waals surface area contributed by atoms with Crippen LogP contribution in [0.3, 0.4) is 0 Å². The number of anilines is 1. The molecule has 2 aromatic heterocycles. The van der Waals surface area contributed by atoms with Gasteiger partial charge in [0.05, 0.1) is 23.1 Å². The monoisotopic (exact) mass is 304 g/mol. The number of aromatic nitrogens is 3. The molecule has 0 amide bonds. The molecular weight excluding hydrogens is 284 g/mol. The van der Waals surface area contributed by atoms with Gasteiger partial charge in [0.1, 0.15) is 5.82 Å². The van der Waals surface area contributed by atoms with Gasteiger partial charge < -0.3 is 5.73 Å². The summed E-state index contributed by atoms with van der Waals surface area (Å²) >= 11 is 0. The van der Waals surface area contributed by atoms with Crippen LogP contribution in [0.4, 0.5) is 5.82 Å². The number of hydrogen-bond donors (Lipinski definition) is 1. The Morgan fingerprint density at radius 2 is 1.87 bits per heavy atom. The fraction of sp³-hybridized carbons (Fsp3) is 0.316. The number of nitrogens with two attached hydrogens (primary N) is 1. The Kier molecular flexibility index (Phi) is 3.66. The summed E-state index contributed by atoms with van der Waals surface area (Å²) in [4.78, 5) is 13.7. The van der Waals surface area contributed by atoms with Crippen LogP contribution in [0.2, 0.25) is 0 Å². The molecule has 0 spiro atoms. The second-order valence-corrected chi connectivity index (χ2v) is 6.27. The SMILES string of the molecule is Nc1cnc(-c2ccc3ncccc3c2)c(C2CCCCC2)n1. The number of fused-ring (bicyclic) bond motifs is 1. The molecule has 0 atom stereocenters. The number of pyridine rings is 1. The van der Waals surface area contributed by atoms with Crippen molar-refractivity contribution in [1.82, 2.24) is 15.0 Å². The van der Waals surface area contributed by atoms with Crippen LogP contribution in [0.15, 0.2) is 42.7 Å². The first-order chi connectivity index (χ1) is 11.3. The molecule has 0 aliphatic heterocycles. The molecule has 4 rings (SSSR count). The molecule has 0 unspecified atom stereocenters. The lowest BCUT2D eigenvalue weighted by atomic mass is 9.85. The molecule has 116 valence electrons. The maximum atomic E-state index is 5.92. The average Bonchev–Trinajstić information content (AvgIpc) is 2.62. The van der Waals surface area contributed by atoms with Crippen LogP contribution in [-0.2, 0) is 0 Å². The van der Waals surface area contributed by atoms with Crippen LogP contribution < -0.4 is 5.73 Å². The minimum atomic E-state index is 0.472. The van der Waals surface area contributed by atoms with Crippen molar-refractivity contribution >= 4 is 16.7 Å². The third-order valence-corrected chi connectivity index (χ3v) is 4.69. The zero-order chi connectivity index (χ0) is 15.6. The first-order valence-electron chi connectivity index (χ1n) is 8.29. The normalized spacial score (nSPS) is 15.8. The van der Waals surface area contributed by atoms with Crippen LogP contribution in [0.1, 0.15) is 43.7 Å². The van der Waals surface area contributed by atoms with Gasteiger partial charge in [-0.3, -0.25) is 9.97 Å². The molecule has 3 aromatic rings. The molecule has 23 heavy (non-hydrogen) atoms. The predicted molar refractivity (Wildman–Crippen MR) is 93.0 cm³/mol. The lowest BCUT2D eigenvalue weighted by Gasteiger charge is -2.23. The third-order valence-electron chi connectivity index (χ3n) is 4.69. The van der Waals surface area contributed by atoms with Crippen LogP contribution in [-0.4, -0.2) is 15.0 Å². The maximum Gasteiger partial charge on any atom is 0.142 e. The highest BCUT2D eigenvalue weighted by Crippen LogP contribution is 2.36. The molecule has 1 fully saturated rings. The number of nitrogens with zero attached hydrogens (tertiary/aromatic N) is 3. The lowest BCUT2D eigenvalue weighted by Crippen LogP contribution is -2.10. The molecule has 2 heterocycles. The van der Waals surface area contributed by atoms with Crippen LogP contribution in [0.5, 0.6) is 0 Å². The first-order valence-corrected chi connectivity index (χ1v) is 8.29. The van der Waals surface area contributed by atoms with Crippen molar-refractivity contribution in [3.05, 3.63) is 48.4 Å². The largest absolute Gasteiger partial charge is 0.382 e. The molecule has 0 radical (unpaired) electrons. The summed E-state index contributed by atoms with van der Waals surface area (Å²) in [5.74, 6) is 0.983. The van der Waals surface area contributed by atoms with Gasteiger partial charge in [-0.2, -0.15) is 0 Å². The van der Waals surface area contributed by atoms with E-state index >= 15 is 0 Å². The summed E-state index contributed by atoms with van der Waals surface area (Å²) in [6.45, 7) is 0. The van der Waals surface area contributed by atoms with Gasteiger partial charge in [0.2, 0.25) is 0 Å². The van der Waals surface area contributed by atoms with E-state index in [0.717, 1.165) is 27.9 Å². The summed E-state index contributed by atoms with van der Waals surface area (Å²) in [5, 5.41) is 1.12. The van der Waals surface area contributed by atoms with Crippen molar-refractivity contribution in [3.63, 3.8) is 0 Å². The molecule has 4 nitrogen and oxygen atoms in total. The van der Waals surface area contributed by atoms with Crippen molar-refractivity contribution in [2.75, 3.05) is 5.73 Å². The molecule has 1 aliphatic rings. The smallest absolute Gasteiger partial charge is 0.142 e. The molecule has 0 bridgehead atoms. The van der Waals surface area contributed by atoms with E-state index in [9.17, 15) is 0 Å². The number of rotatable bonds is 2. The standard InChI is InChI=1S/C19H20N4/c20-17-12-22-18(19(23-17)13-5-2-1-3-6-13)15-8-9-16-14(11-15)7-4-10-21-16/h4,7-13H,1-3,5-6H2,(H2,20,23). The van der Waals surface area contributed by atoms with Gasteiger partial charge in [-0.25, -0.2) is 4.98 Å². The third kappa shape index (κ3) is 2.77. The van der Waals surface area contributed by atoms with Gasteiger partial charge in [0.25, 0.3) is 0 Å². The molecule has 1 aliphatic carbocycles. The molecule has 2 N–H and O–H groups in total. The average molecular weight is 304 g/mol. The summed E-state index contributed by atoms with van der Waals surface area (Å²) < 4.78 is 0. The highest BCUT2D eigenvalue weighted by atomic mass is 14.9. The van der Waals surface area contributed by atoms with Crippen LogP contribution >= 0.6 is 0 Å². The van der Waals surface area contributed by atoms with Gasteiger partial charge in [0.15, 0.2) is 0 Å². The minimum absolute atomic E-state index is 0.472. The second kappa shape index (κ2) is 5.95. The van der Waals surface area contributed by atoms with Gasteiger partial charge in [0, 0.05) is 23.1 Å². The van der Waals surface area contributed by atoms with E-state index in [1.807, 2.05) is 18.3 Å². The number of benzene rings is 1. The topological polar surface area (TPSA) is 64.7 Å². The van der Waals surface area contributed by atoms with E-state index in [0.29, 0.717) is 11.7 Å². The zero-order valence-corrected chi connectivity index (χ0v) is 13.1. The van der Waals surface area contributed by atoms with E-state index in [-0.39, 0.29) is 0 Å². The Balaban J connectivity index is 1.83. The Morgan fingerprint density at radius 1 is 1.00 bits per heavy atom. The van der Waals surface area contributed by atoms with Gasteiger partial charge >= 0.3 is 0 Å². The van der Waals surface area contributed by atoms with E-state index in [2.05, 4.69) is 33.2 Å². The summed E-state index contributed by atoms with van der Waals surface area (Å²) in [7, 11) is 0. The Labute approximate surface area is 135 Å². The van der Waals surface area contributed by atoms with Gasteiger partial charge in [-0.1, -0.05) is 31.4 Å². The van der Waals surface area contributed by atoms with E-state index < -0.39 is 0 Å². The molecule has 1 aromatic carbocycles. The van der Waals surface area contributed by atoms with E-state index in [4.69, 9.17) is 5.73 Å². The second-order valence-electron chi connectivity index (χ2n) is 6.27. The van der Waals surface area contributed by atoms with E-state index in [1.54, 1.807) is 6.20 Å². The highest BCUT2D eigenvalue weighted by Gasteiger charge is 2.22. The fourth-order valence-corrected chi connectivity index (χ4v) is 3.52. The quantitative estimate of drug-likeness (QED) is 0.765. The van der Waals surface area contributed by atoms with Crippen molar-refractivity contribution in [2.45, 2.75) is 38.0 Å². The predicted octanol–water partition coefficient (Wildman–Crippen LogP) is 4.32. The van der Waals surface area contributed by atoms with Crippen molar-refractivity contribution < 1.29 is 0 Å². The van der Waals surface area contributed by atoms with Crippen LogP contribution in [0.25, 0.3) is 22.2 Å². The molecule has 4 heteroatoms. The zero-order valence-electron chi connectivity index (χ0n) is 13.1. The van der Waals surface area contributed by atoms with Crippen molar-refractivity contribution in [1.29, 1.82) is 0 Å². The number of hydrogen-bond acceptors (Lipinski definition) is 4. The van der Waals surface area contributed by atoms with Crippen molar-refractivity contribution in [3.8, 4) is 11.3 Å². The molecule has 0 saturated heterocycles. The van der Waals surface area contributed by atoms with E-state index in [1.165, 1.54) is 32.1 Å². The Hall–Kier alpha value is -2.49. The Bertz CT molecular complexity index is 838. The summed E-state index contributed by atoms with van der Waals surface area (Å²) in [6, 6.07) is 10.3. The van der Waals surface area contributed by atoms with Crippen molar-refractivity contribution in [2.24, 2.45) is 0 Å². The maximum absolute atomic E-state index is 5.92. The summed E-state index contributed by atoms with van der Waals surface area (Å²) in [6.07, 6.45) is 9.70. The fourth-order valence-electron chi connectivity index (χ4n) is 3.52. The Morgan fingerprint density at radius 3 is 2.74 bits per heavy atom. The van der Waals surface area contributed by atoms with Crippen LogP contribution in [0, 0.1) is 0 Å². The molecule has 1 saturated carbocycles. The minimum Gasteiger partial charge on any atom is -0.382 e. The molecular formula is C19H20N4. The summed E-state index contributed by atoms with van der Waals surface area (Å²) in [5.41, 5.74) is 10.0. The van der Waals surface area contributed by atoms with Gasteiger partial charge in [-0.05, 0) is 31.0 Å².